The monoisotopic (exact) mass is 330 g/mol. The van der Waals surface area contributed by atoms with Gasteiger partial charge in [-0.15, -0.1) is 11.3 Å². The van der Waals surface area contributed by atoms with Gasteiger partial charge < -0.3 is 15.0 Å². The van der Waals surface area contributed by atoms with Crippen LogP contribution in [0, 0.1) is 11.8 Å². The van der Waals surface area contributed by atoms with Crippen molar-refractivity contribution in [2.75, 3.05) is 26.7 Å². The van der Waals surface area contributed by atoms with E-state index in [-0.39, 0.29) is 23.8 Å². The van der Waals surface area contributed by atoms with Crippen LogP contribution in [0.5, 0.6) is 0 Å². The normalized spacial score (nSPS) is 21.4. The average Bonchev–Trinajstić information content (AvgIpc) is 3.04. The van der Waals surface area contributed by atoms with Gasteiger partial charge >= 0.3 is 12.0 Å². The number of thiophene rings is 1. The van der Waals surface area contributed by atoms with E-state index < -0.39 is 0 Å². The fraction of sp³-hybridized carbons (Fsp3) is 0.571. The number of nitrogens with one attached hydrogen (secondary N) is 1. The Kier molecular flexibility index (Phi) is 5.47. The summed E-state index contributed by atoms with van der Waals surface area (Å²) in [5, 5.41) is 2.88. The number of hydrogen-bond donors (Lipinski definition) is 1. The Morgan fingerprint density at radius 1 is 1.48 bits per heavy atom. The van der Waals surface area contributed by atoms with Gasteiger partial charge in [0.15, 0.2) is 0 Å². The minimum absolute atomic E-state index is 0.124. The minimum Gasteiger partial charge on any atom is -0.469 e. The third kappa shape index (κ3) is 4.11. The summed E-state index contributed by atoms with van der Waals surface area (Å²) in [6, 6.07) is 3.69. The Bertz CT molecular complexity index is 520. The van der Waals surface area contributed by atoms with Gasteiger partial charge in [-0.1, -0.05) is 18.5 Å². The van der Waals surface area contributed by atoms with Crippen molar-refractivity contribution in [3.05, 3.63) is 21.3 Å². The van der Waals surface area contributed by atoms with Crippen LogP contribution >= 0.6 is 22.9 Å². The highest BCUT2D eigenvalue weighted by Gasteiger charge is 2.37. The quantitative estimate of drug-likeness (QED) is 0.862. The Labute approximate surface area is 133 Å². The number of likely N-dealkylation sites (tertiary alicyclic amines) is 1. The third-order valence-corrected chi connectivity index (χ3v) is 4.97. The number of esters is 1. The van der Waals surface area contributed by atoms with Gasteiger partial charge in [0.1, 0.15) is 0 Å². The summed E-state index contributed by atoms with van der Waals surface area (Å²) in [6.07, 6.45) is 0.757. The summed E-state index contributed by atoms with van der Waals surface area (Å²) in [4.78, 5) is 26.5. The van der Waals surface area contributed by atoms with E-state index in [1.807, 2.05) is 19.1 Å². The number of amides is 2. The second kappa shape index (κ2) is 7.13. The molecule has 1 aromatic rings. The van der Waals surface area contributed by atoms with Crippen LogP contribution < -0.4 is 5.32 Å². The zero-order valence-corrected chi connectivity index (χ0v) is 13.7. The maximum absolute atomic E-state index is 12.1. The molecule has 1 N–H and O–H groups in total. The van der Waals surface area contributed by atoms with Gasteiger partial charge in [-0.05, 0) is 24.5 Å². The molecule has 0 aliphatic carbocycles. The van der Waals surface area contributed by atoms with Crippen LogP contribution in [0.15, 0.2) is 12.1 Å². The predicted molar refractivity (Wildman–Crippen MR) is 82.7 cm³/mol. The molecule has 1 aromatic heterocycles. The molecule has 0 aromatic carbocycles. The molecular formula is C14H19ClN2O3S. The first kappa shape index (κ1) is 16.1. The number of methoxy groups -OCH3 is 1. The number of carbonyl (C=O) groups is 2. The van der Waals surface area contributed by atoms with Gasteiger partial charge in [0.25, 0.3) is 0 Å². The number of nitrogens with zero attached hydrogens (tertiary/aromatic N) is 1. The molecule has 2 rings (SSSR count). The molecule has 116 valence electrons. The van der Waals surface area contributed by atoms with Gasteiger partial charge in [0, 0.05) is 24.5 Å². The Hall–Kier alpha value is -1.27. The van der Waals surface area contributed by atoms with E-state index in [0.717, 1.165) is 15.6 Å². The fourth-order valence-corrected chi connectivity index (χ4v) is 3.57. The van der Waals surface area contributed by atoms with Crippen molar-refractivity contribution in [3.63, 3.8) is 0 Å². The average molecular weight is 331 g/mol. The summed E-state index contributed by atoms with van der Waals surface area (Å²) >= 11 is 7.38. The molecule has 1 saturated heterocycles. The highest BCUT2D eigenvalue weighted by atomic mass is 35.5. The zero-order valence-electron chi connectivity index (χ0n) is 12.1. The second-order valence-electron chi connectivity index (χ2n) is 5.20. The SMILES string of the molecule is COC(=O)[C@@H]1CN(C(=O)NCCc2ccc(Cl)s2)C[C@H]1C. The predicted octanol–water partition coefficient (Wildman–Crippen LogP) is 2.39. The van der Waals surface area contributed by atoms with Crippen molar-refractivity contribution in [2.24, 2.45) is 11.8 Å². The van der Waals surface area contributed by atoms with Crippen molar-refractivity contribution in [3.8, 4) is 0 Å². The van der Waals surface area contributed by atoms with Crippen LogP contribution in [-0.2, 0) is 16.0 Å². The molecule has 0 radical (unpaired) electrons. The van der Waals surface area contributed by atoms with E-state index >= 15 is 0 Å². The molecule has 1 aliphatic rings. The molecule has 0 bridgehead atoms. The van der Waals surface area contributed by atoms with E-state index in [2.05, 4.69) is 5.32 Å². The number of hydrogen-bond acceptors (Lipinski definition) is 4. The highest BCUT2D eigenvalue weighted by Crippen LogP contribution is 2.24. The summed E-state index contributed by atoms with van der Waals surface area (Å²) in [6.45, 7) is 3.52. The lowest BCUT2D eigenvalue weighted by molar-refractivity contribution is -0.145. The molecule has 7 heteroatoms. The molecular weight excluding hydrogens is 312 g/mol. The molecule has 0 spiro atoms. The Balaban J connectivity index is 1.77. The highest BCUT2D eigenvalue weighted by molar-refractivity contribution is 7.16. The molecule has 2 atom stereocenters. The standard InChI is InChI=1S/C14H19ClN2O3S/c1-9-7-17(8-11(9)13(18)20-2)14(19)16-6-5-10-3-4-12(15)21-10/h3-4,9,11H,5-8H2,1-2H3,(H,16,19)/t9-,11-/m1/s1. The van der Waals surface area contributed by atoms with Gasteiger partial charge in [0.05, 0.1) is 17.4 Å². The van der Waals surface area contributed by atoms with Crippen LogP contribution in [0.1, 0.15) is 11.8 Å². The lowest BCUT2D eigenvalue weighted by Crippen LogP contribution is -2.39. The van der Waals surface area contributed by atoms with Crippen molar-refractivity contribution < 1.29 is 14.3 Å². The van der Waals surface area contributed by atoms with E-state index in [0.29, 0.717) is 19.6 Å². The molecule has 21 heavy (non-hydrogen) atoms. The van der Waals surface area contributed by atoms with Gasteiger partial charge in [-0.25, -0.2) is 4.79 Å². The summed E-state index contributed by atoms with van der Waals surface area (Å²) in [7, 11) is 1.38. The smallest absolute Gasteiger partial charge is 0.317 e. The minimum atomic E-state index is -0.244. The van der Waals surface area contributed by atoms with Crippen LogP contribution in [0.4, 0.5) is 4.79 Å². The number of ether oxygens (including phenoxy) is 1. The van der Waals surface area contributed by atoms with Gasteiger partial charge in [-0.2, -0.15) is 0 Å². The van der Waals surface area contributed by atoms with Crippen LogP contribution in [0.2, 0.25) is 4.34 Å². The molecule has 1 fully saturated rings. The number of urea groups is 1. The molecule has 5 nitrogen and oxygen atoms in total. The number of carbonyl (C=O) groups excluding carboxylic acids is 2. The molecule has 0 saturated carbocycles. The molecule has 2 heterocycles. The first-order valence-corrected chi connectivity index (χ1v) is 8.05. The Morgan fingerprint density at radius 2 is 2.24 bits per heavy atom. The van der Waals surface area contributed by atoms with Crippen molar-refractivity contribution in [2.45, 2.75) is 13.3 Å². The summed E-state index contributed by atoms with van der Waals surface area (Å²) in [5.41, 5.74) is 0. The van der Waals surface area contributed by atoms with Crippen molar-refractivity contribution in [1.82, 2.24) is 10.2 Å². The van der Waals surface area contributed by atoms with E-state index in [9.17, 15) is 9.59 Å². The lowest BCUT2D eigenvalue weighted by atomic mass is 9.99. The first-order valence-electron chi connectivity index (χ1n) is 6.86. The Morgan fingerprint density at radius 3 is 2.86 bits per heavy atom. The zero-order chi connectivity index (χ0) is 15.4. The van der Waals surface area contributed by atoms with Gasteiger partial charge in [0.2, 0.25) is 0 Å². The van der Waals surface area contributed by atoms with Crippen molar-refractivity contribution >= 4 is 34.9 Å². The summed E-state index contributed by atoms with van der Waals surface area (Å²) < 4.78 is 5.52. The molecule has 1 aliphatic heterocycles. The second-order valence-corrected chi connectivity index (χ2v) is 7.00. The van der Waals surface area contributed by atoms with Gasteiger partial charge in [-0.3, -0.25) is 4.79 Å². The molecule has 2 amide bonds. The van der Waals surface area contributed by atoms with E-state index in [1.165, 1.54) is 18.4 Å². The first-order chi connectivity index (χ1) is 10.0. The van der Waals surface area contributed by atoms with Crippen LogP contribution in [-0.4, -0.2) is 43.6 Å². The molecule has 0 unspecified atom stereocenters. The van der Waals surface area contributed by atoms with E-state index in [4.69, 9.17) is 16.3 Å². The maximum Gasteiger partial charge on any atom is 0.317 e. The summed E-state index contributed by atoms with van der Waals surface area (Å²) in [5.74, 6) is -0.345. The maximum atomic E-state index is 12.1. The third-order valence-electron chi connectivity index (χ3n) is 3.68. The van der Waals surface area contributed by atoms with Crippen LogP contribution in [0.3, 0.4) is 0 Å². The van der Waals surface area contributed by atoms with Crippen LogP contribution in [0.25, 0.3) is 0 Å². The topological polar surface area (TPSA) is 58.6 Å². The lowest BCUT2D eigenvalue weighted by Gasteiger charge is -2.16. The number of rotatable bonds is 4. The fourth-order valence-electron chi connectivity index (χ4n) is 2.48. The van der Waals surface area contributed by atoms with E-state index in [1.54, 1.807) is 4.90 Å². The van der Waals surface area contributed by atoms with Crippen molar-refractivity contribution in [1.29, 1.82) is 0 Å². The largest absolute Gasteiger partial charge is 0.469 e. The number of halogens is 1.